The Balaban J connectivity index is 1.38. The second-order valence-electron chi connectivity index (χ2n) is 8.00. The number of esters is 1. The SMILES string of the molecule is O=C(OCc1cc(=O)oc2cc3c(cc12)CCC3)C1CCCN1S(=O)(=O)c1ccc(Cl)s1. The zero-order valence-electron chi connectivity index (χ0n) is 17.0. The molecule has 168 valence electrons. The number of aryl methyl sites for hydroxylation is 2. The van der Waals surface area contributed by atoms with Crippen LogP contribution in [-0.4, -0.2) is 31.3 Å². The van der Waals surface area contributed by atoms with Crippen LogP contribution in [0.25, 0.3) is 11.0 Å². The monoisotopic (exact) mass is 493 g/mol. The normalized spacial score (nSPS) is 18.8. The number of carbonyl (C=O) groups is 1. The first-order chi connectivity index (χ1) is 15.3. The summed E-state index contributed by atoms with van der Waals surface area (Å²) in [5.74, 6) is -0.628. The van der Waals surface area contributed by atoms with Gasteiger partial charge in [-0.1, -0.05) is 11.6 Å². The van der Waals surface area contributed by atoms with E-state index in [4.69, 9.17) is 20.8 Å². The second kappa shape index (κ2) is 8.30. The zero-order chi connectivity index (χ0) is 22.5. The number of fused-ring (bicyclic) bond motifs is 2. The van der Waals surface area contributed by atoms with Crippen LogP contribution < -0.4 is 5.63 Å². The highest BCUT2D eigenvalue weighted by Crippen LogP contribution is 2.33. The van der Waals surface area contributed by atoms with Crippen LogP contribution in [0.5, 0.6) is 0 Å². The van der Waals surface area contributed by atoms with Gasteiger partial charge in [0.15, 0.2) is 0 Å². The van der Waals surface area contributed by atoms with Crippen molar-refractivity contribution < 1.29 is 22.4 Å². The number of rotatable bonds is 5. The van der Waals surface area contributed by atoms with Gasteiger partial charge in [-0.05, 0) is 67.5 Å². The number of halogens is 1. The third-order valence-corrected chi connectivity index (χ3v) is 9.61. The van der Waals surface area contributed by atoms with Crippen LogP contribution in [0.4, 0.5) is 0 Å². The number of nitrogens with zero attached hydrogens (tertiary/aromatic N) is 1. The van der Waals surface area contributed by atoms with Gasteiger partial charge in [0.2, 0.25) is 0 Å². The Morgan fingerprint density at radius 2 is 1.97 bits per heavy atom. The first-order valence-corrected chi connectivity index (χ1v) is 13.0. The van der Waals surface area contributed by atoms with E-state index in [0.29, 0.717) is 28.3 Å². The number of hydrogen-bond acceptors (Lipinski definition) is 7. The van der Waals surface area contributed by atoms with Gasteiger partial charge in [0, 0.05) is 23.6 Å². The maximum absolute atomic E-state index is 13.0. The summed E-state index contributed by atoms with van der Waals surface area (Å²) in [6, 6.07) is 7.27. The molecule has 0 saturated carbocycles. The maximum atomic E-state index is 13.0. The van der Waals surface area contributed by atoms with E-state index in [1.54, 1.807) is 0 Å². The molecule has 0 N–H and O–H groups in total. The predicted molar refractivity (Wildman–Crippen MR) is 121 cm³/mol. The first-order valence-electron chi connectivity index (χ1n) is 10.4. The lowest BCUT2D eigenvalue weighted by Crippen LogP contribution is -2.41. The lowest BCUT2D eigenvalue weighted by Gasteiger charge is -2.22. The van der Waals surface area contributed by atoms with E-state index in [1.165, 1.54) is 33.6 Å². The molecule has 2 aliphatic rings. The van der Waals surface area contributed by atoms with Gasteiger partial charge in [-0.25, -0.2) is 13.2 Å². The Labute approximate surface area is 193 Å². The molecule has 1 saturated heterocycles. The fourth-order valence-corrected chi connectivity index (χ4v) is 7.73. The summed E-state index contributed by atoms with van der Waals surface area (Å²) >= 11 is 6.85. The van der Waals surface area contributed by atoms with E-state index in [0.717, 1.165) is 36.0 Å². The third kappa shape index (κ3) is 3.87. The largest absolute Gasteiger partial charge is 0.460 e. The van der Waals surface area contributed by atoms with Gasteiger partial charge < -0.3 is 9.15 Å². The van der Waals surface area contributed by atoms with Crippen LogP contribution in [0.15, 0.2) is 43.8 Å². The van der Waals surface area contributed by atoms with Crippen molar-refractivity contribution in [3.05, 3.63) is 61.8 Å². The summed E-state index contributed by atoms with van der Waals surface area (Å²) in [5.41, 5.74) is 2.90. The Bertz CT molecular complexity index is 1380. The van der Waals surface area contributed by atoms with Crippen LogP contribution in [0.2, 0.25) is 4.34 Å². The van der Waals surface area contributed by atoms with Gasteiger partial charge in [0.05, 0.1) is 4.34 Å². The Kier molecular flexibility index (Phi) is 5.61. The van der Waals surface area contributed by atoms with Crippen molar-refractivity contribution in [3.63, 3.8) is 0 Å². The van der Waals surface area contributed by atoms with Crippen molar-refractivity contribution in [1.82, 2.24) is 4.31 Å². The molecule has 1 atom stereocenters. The van der Waals surface area contributed by atoms with E-state index in [2.05, 4.69) is 0 Å². The van der Waals surface area contributed by atoms with Gasteiger partial charge in [-0.3, -0.25) is 4.79 Å². The average Bonchev–Trinajstić information content (AvgIpc) is 3.50. The number of carbonyl (C=O) groups excluding carboxylic acids is 1. The highest BCUT2D eigenvalue weighted by Gasteiger charge is 2.41. The van der Waals surface area contributed by atoms with Gasteiger partial charge in [0.25, 0.3) is 10.0 Å². The number of benzene rings is 1. The van der Waals surface area contributed by atoms with Crippen molar-refractivity contribution in [2.75, 3.05) is 6.54 Å². The minimum Gasteiger partial charge on any atom is -0.460 e. The molecule has 0 spiro atoms. The molecule has 1 aromatic carbocycles. The predicted octanol–water partition coefficient (Wildman–Crippen LogP) is 3.89. The average molecular weight is 494 g/mol. The van der Waals surface area contributed by atoms with E-state index >= 15 is 0 Å². The highest BCUT2D eigenvalue weighted by molar-refractivity contribution is 7.91. The van der Waals surface area contributed by atoms with Gasteiger partial charge in [-0.2, -0.15) is 4.31 Å². The minimum atomic E-state index is -3.84. The van der Waals surface area contributed by atoms with Crippen LogP contribution in [0.3, 0.4) is 0 Å². The van der Waals surface area contributed by atoms with E-state index < -0.39 is 27.7 Å². The lowest BCUT2D eigenvalue weighted by molar-refractivity contribution is -0.148. The van der Waals surface area contributed by atoms with E-state index in [-0.39, 0.29) is 17.4 Å². The number of hydrogen-bond donors (Lipinski definition) is 0. The van der Waals surface area contributed by atoms with Crippen LogP contribution in [0, 0.1) is 0 Å². The molecule has 7 nitrogen and oxygen atoms in total. The van der Waals surface area contributed by atoms with E-state index in [9.17, 15) is 18.0 Å². The molecule has 5 rings (SSSR count). The lowest BCUT2D eigenvalue weighted by atomic mass is 10.0. The Morgan fingerprint density at radius 1 is 1.19 bits per heavy atom. The smallest absolute Gasteiger partial charge is 0.336 e. The van der Waals surface area contributed by atoms with Gasteiger partial charge in [-0.15, -0.1) is 11.3 Å². The van der Waals surface area contributed by atoms with Gasteiger partial charge >= 0.3 is 11.6 Å². The molecule has 1 aliphatic heterocycles. The molecule has 2 aromatic heterocycles. The van der Waals surface area contributed by atoms with Gasteiger partial charge in [0.1, 0.15) is 22.4 Å². The van der Waals surface area contributed by atoms with Crippen molar-refractivity contribution >= 4 is 49.9 Å². The number of sulfonamides is 1. The number of thiophene rings is 1. The minimum absolute atomic E-state index is 0.0997. The molecule has 0 radical (unpaired) electrons. The van der Waals surface area contributed by atoms with Crippen LogP contribution >= 0.6 is 22.9 Å². The Morgan fingerprint density at radius 3 is 2.72 bits per heavy atom. The molecule has 0 amide bonds. The zero-order valence-corrected chi connectivity index (χ0v) is 19.4. The summed E-state index contributed by atoms with van der Waals surface area (Å²) in [6.07, 6.45) is 3.91. The quantitative estimate of drug-likeness (QED) is 0.395. The molecule has 0 bridgehead atoms. The standard InChI is InChI=1S/C22H20ClNO6S2/c23-19-6-7-21(31-19)32(27,28)24-8-2-5-17(24)22(26)29-12-15-11-20(25)30-18-10-14-4-1-3-13(14)9-16(15)18/h6-7,9-11,17H,1-5,8,12H2. The van der Waals surface area contributed by atoms with E-state index in [1.807, 2.05) is 12.1 Å². The molecule has 3 aromatic rings. The summed E-state index contributed by atoms with van der Waals surface area (Å²) in [5, 5.41) is 0.738. The van der Waals surface area contributed by atoms with Crippen molar-refractivity contribution in [2.45, 2.75) is 49.0 Å². The molecule has 1 aliphatic carbocycles. The summed E-state index contributed by atoms with van der Waals surface area (Å²) in [6.45, 7) is 0.108. The molecular formula is C22H20ClNO6S2. The third-order valence-electron chi connectivity index (χ3n) is 6.00. The van der Waals surface area contributed by atoms with Crippen molar-refractivity contribution in [1.29, 1.82) is 0 Å². The molecule has 1 unspecified atom stereocenters. The summed E-state index contributed by atoms with van der Waals surface area (Å²) in [7, 11) is -3.84. The second-order valence-corrected chi connectivity index (χ2v) is 11.8. The molecule has 3 heterocycles. The fourth-order valence-electron chi connectivity index (χ4n) is 4.47. The number of ether oxygens (including phenoxy) is 1. The fraction of sp³-hybridized carbons (Fsp3) is 0.364. The molecule has 32 heavy (non-hydrogen) atoms. The first kappa shape index (κ1) is 21.6. The molecule has 1 fully saturated rings. The maximum Gasteiger partial charge on any atom is 0.336 e. The summed E-state index contributed by atoms with van der Waals surface area (Å²) in [4.78, 5) is 24.9. The molecule has 10 heteroatoms. The molecular weight excluding hydrogens is 474 g/mol. The topological polar surface area (TPSA) is 93.9 Å². The van der Waals surface area contributed by atoms with Crippen molar-refractivity contribution in [2.24, 2.45) is 0 Å². The van der Waals surface area contributed by atoms with Crippen LogP contribution in [0.1, 0.15) is 36.0 Å². The van der Waals surface area contributed by atoms with Crippen LogP contribution in [-0.2, 0) is 39.0 Å². The highest BCUT2D eigenvalue weighted by atomic mass is 35.5. The Hall–Kier alpha value is -2.20. The summed E-state index contributed by atoms with van der Waals surface area (Å²) < 4.78 is 38.5. The van der Waals surface area contributed by atoms with Crippen molar-refractivity contribution in [3.8, 4) is 0 Å².